The highest BCUT2D eigenvalue weighted by atomic mass is 16.5. The van der Waals surface area contributed by atoms with Crippen molar-refractivity contribution in [2.75, 3.05) is 53.9 Å². The average Bonchev–Trinajstić information content (AvgIpc) is 2.60. The van der Waals surface area contributed by atoms with Crippen molar-refractivity contribution >= 4 is 5.91 Å². The van der Waals surface area contributed by atoms with Crippen molar-refractivity contribution in [1.82, 2.24) is 14.7 Å². The van der Waals surface area contributed by atoms with Crippen LogP contribution in [0.15, 0.2) is 24.3 Å². The maximum absolute atomic E-state index is 12.9. The summed E-state index contributed by atoms with van der Waals surface area (Å²) in [7, 11) is 6.08. The number of ether oxygens (including phenoxy) is 1. The molecule has 1 aromatic carbocycles. The maximum Gasteiger partial charge on any atom is 0.237 e. The molecule has 0 saturated carbocycles. The molecular weight excluding hydrogens is 314 g/mol. The molecule has 0 radical (unpaired) electrons. The minimum Gasteiger partial charge on any atom is -0.374 e. The number of carbonyl (C=O) groups excluding carboxylic acids is 1. The number of hydrogen-bond donors (Lipinski definition) is 0. The summed E-state index contributed by atoms with van der Waals surface area (Å²) in [6.45, 7) is 3.77. The number of carbonyl (C=O) groups is 1. The topological polar surface area (TPSA) is 36.0 Å². The molecule has 3 rings (SSSR count). The third-order valence-electron chi connectivity index (χ3n) is 5.35. The van der Waals surface area contributed by atoms with Crippen molar-refractivity contribution in [1.29, 1.82) is 0 Å². The van der Waals surface area contributed by atoms with Gasteiger partial charge in [0, 0.05) is 26.7 Å². The summed E-state index contributed by atoms with van der Waals surface area (Å²) in [5, 5.41) is 0. The van der Waals surface area contributed by atoms with Crippen LogP contribution in [0.5, 0.6) is 0 Å². The van der Waals surface area contributed by atoms with Gasteiger partial charge >= 0.3 is 0 Å². The minimum absolute atomic E-state index is 0.192. The summed E-state index contributed by atoms with van der Waals surface area (Å²) < 4.78 is 5.82. The third kappa shape index (κ3) is 4.60. The molecule has 0 bridgehead atoms. The third-order valence-corrected chi connectivity index (χ3v) is 5.35. The normalized spacial score (nSPS) is 24.2. The van der Waals surface area contributed by atoms with Gasteiger partial charge in [-0.05, 0) is 44.5 Å². The second-order valence-electron chi connectivity index (χ2n) is 7.60. The van der Waals surface area contributed by atoms with Gasteiger partial charge in [-0.15, -0.1) is 0 Å². The van der Waals surface area contributed by atoms with E-state index in [1.165, 1.54) is 11.1 Å². The Labute approximate surface area is 151 Å². The molecule has 0 aromatic heterocycles. The van der Waals surface area contributed by atoms with Crippen LogP contribution in [-0.2, 0) is 16.0 Å². The van der Waals surface area contributed by atoms with Gasteiger partial charge in [-0.3, -0.25) is 9.69 Å². The predicted octanol–water partition coefficient (Wildman–Crippen LogP) is 1.78. The molecule has 5 heteroatoms. The van der Waals surface area contributed by atoms with E-state index < -0.39 is 0 Å². The van der Waals surface area contributed by atoms with E-state index in [9.17, 15) is 4.79 Å². The molecule has 2 aliphatic rings. The van der Waals surface area contributed by atoms with Crippen LogP contribution in [0.4, 0.5) is 0 Å². The Morgan fingerprint density at radius 2 is 2.08 bits per heavy atom. The molecule has 2 atom stereocenters. The zero-order chi connectivity index (χ0) is 17.8. The van der Waals surface area contributed by atoms with Crippen LogP contribution in [0.1, 0.15) is 30.0 Å². The van der Waals surface area contributed by atoms with Gasteiger partial charge in [0.25, 0.3) is 0 Å². The molecule has 138 valence electrons. The van der Waals surface area contributed by atoms with Gasteiger partial charge in [0.05, 0.1) is 25.3 Å². The molecule has 0 unspecified atom stereocenters. The standard InChI is InChI=1S/C20H31N3O2/c1-21(2)13-17-14-23(11-12-25-17)15-20(24)22(3)19-10-6-8-16-7-4-5-9-18(16)19/h4-5,7,9,17,19H,6,8,10-15H2,1-3H3/t17-,19-/m0/s1. The van der Waals surface area contributed by atoms with E-state index in [-0.39, 0.29) is 18.1 Å². The Hall–Kier alpha value is -1.43. The molecule has 25 heavy (non-hydrogen) atoms. The van der Waals surface area contributed by atoms with Crippen molar-refractivity contribution < 1.29 is 9.53 Å². The number of aryl methyl sites for hydroxylation is 1. The van der Waals surface area contributed by atoms with E-state index in [1.807, 2.05) is 11.9 Å². The van der Waals surface area contributed by atoms with Crippen LogP contribution in [0.2, 0.25) is 0 Å². The van der Waals surface area contributed by atoms with Gasteiger partial charge in [0.2, 0.25) is 5.91 Å². The highest BCUT2D eigenvalue weighted by molar-refractivity contribution is 5.78. The van der Waals surface area contributed by atoms with Crippen LogP contribution < -0.4 is 0 Å². The highest BCUT2D eigenvalue weighted by Gasteiger charge is 2.29. The van der Waals surface area contributed by atoms with E-state index >= 15 is 0 Å². The van der Waals surface area contributed by atoms with E-state index in [1.54, 1.807) is 0 Å². The van der Waals surface area contributed by atoms with E-state index in [0.717, 1.165) is 38.9 Å². The Bertz CT molecular complexity index is 590. The molecule has 0 N–H and O–H groups in total. The van der Waals surface area contributed by atoms with E-state index in [0.29, 0.717) is 13.2 Å². The van der Waals surface area contributed by atoms with Crippen molar-refractivity contribution in [2.24, 2.45) is 0 Å². The van der Waals surface area contributed by atoms with Crippen LogP contribution in [0, 0.1) is 0 Å². The molecule has 1 aliphatic heterocycles. The first kappa shape index (κ1) is 18.4. The fourth-order valence-corrected chi connectivity index (χ4v) is 4.05. The summed E-state index contributed by atoms with van der Waals surface area (Å²) in [5.41, 5.74) is 2.73. The van der Waals surface area contributed by atoms with Gasteiger partial charge in [-0.25, -0.2) is 0 Å². The monoisotopic (exact) mass is 345 g/mol. The molecule has 1 heterocycles. The number of nitrogens with zero attached hydrogens (tertiary/aromatic N) is 3. The lowest BCUT2D eigenvalue weighted by Gasteiger charge is -2.37. The zero-order valence-electron chi connectivity index (χ0n) is 15.8. The quantitative estimate of drug-likeness (QED) is 0.815. The maximum atomic E-state index is 12.9. The van der Waals surface area contributed by atoms with Crippen molar-refractivity contribution in [3.63, 3.8) is 0 Å². The molecule has 1 saturated heterocycles. The highest BCUT2D eigenvalue weighted by Crippen LogP contribution is 2.33. The van der Waals surface area contributed by atoms with Gasteiger partial charge in [0.1, 0.15) is 0 Å². The lowest BCUT2D eigenvalue weighted by Crippen LogP contribution is -2.50. The molecule has 5 nitrogen and oxygen atoms in total. The van der Waals surface area contributed by atoms with Gasteiger partial charge < -0.3 is 14.5 Å². The molecule has 0 spiro atoms. The second kappa shape index (κ2) is 8.30. The zero-order valence-corrected chi connectivity index (χ0v) is 15.8. The average molecular weight is 345 g/mol. The van der Waals surface area contributed by atoms with Crippen LogP contribution >= 0.6 is 0 Å². The van der Waals surface area contributed by atoms with Crippen molar-refractivity contribution in [3.05, 3.63) is 35.4 Å². The number of hydrogen-bond acceptors (Lipinski definition) is 4. The first-order valence-electron chi connectivity index (χ1n) is 9.36. The Morgan fingerprint density at radius 3 is 2.88 bits per heavy atom. The SMILES string of the molecule is CN(C)C[C@H]1CN(CC(=O)N(C)[C@H]2CCCc3ccccc32)CCO1. The minimum atomic E-state index is 0.192. The van der Waals surface area contributed by atoms with Crippen molar-refractivity contribution in [2.45, 2.75) is 31.4 Å². The molecule has 1 aromatic rings. The summed E-state index contributed by atoms with van der Waals surface area (Å²) in [4.78, 5) is 19.2. The number of rotatable bonds is 5. The second-order valence-corrected chi connectivity index (χ2v) is 7.60. The fraction of sp³-hybridized carbons (Fsp3) is 0.650. The lowest BCUT2D eigenvalue weighted by molar-refractivity contribution is -0.135. The molecule has 1 aliphatic carbocycles. The molecule has 1 amide bonds. The van der Waals surface area contributed by atoms with Gasteiger partial charge in [-0.2, -0.15) is 0 Å². The Morgan fingerprint density at radius 1 is 1.28 bits per heavy atom. The smallest absolute Gasteiger partial charge is 0.237 e. The van der Waals surface area contributed by atoms with Gasteiger partial charge in [0.15, 0.2) is 0 Å². The molecular formula is C20H31N3O2. The largest absolute Gasteiger partial charge is 0.374 e. The summed E-state index contributed by atoms with van der Waals surface area (Å²) in [5.74, 6) is 0.215. The fourth-order valence-electron chi connectivity index (χ4n) is 4.05. The number of morpholine rings is 1. The van der Waals surface area contributed by atoms with E-state index in [4.69, 9.17) is 4.74 Å². The first-order chi connectivity index (χ1) is 12.0. The number of amides is 1. The summed E-state index contributed by atoms with van der Waals surface area (Å²) in [6, 6.07) is 8.79. The van der Waals surface area contributed by atoms with Crippen LogP contribution in [0.25, 0.3) is 0 Å². The van der Waals surface area contributed by atoms with Crippen LogP contribution in [0.3, 0.4) is 0 Å². The summed E-state index contributed by atoms with van der Waals surface area (Å²) in [6.07, 6.45) is 3.54. The summed E-state index contributed by atoms with van der Waals surface area (Å²) >= 11 is 0. The van der Waals surface area contributed by atoms with Gasteiger partial charge in [-0.1, -0.05) is 24.3 Å². The Kier molecular flexibility index (Phi) is 6.10. The lowest BCUT2D eigenvalue weighted by atomic mass is 9.87. The number of fused-ring (bicyclic) bond motifs is 1. The number of benzene rings is 1. The first-order valence-corrected chi connectivity index (χ1v) is 9.36. The van der Waals surface area contributed by atoms with Crippen LogP contribution in [-0.4, -0.2) is 80.6 Å². The Balaban J connectivity index is 1.60. The molecule has 1 fully saturated rings. The number of likely N-dealkylation sites (N-methyl/N-ethyl adjacent to an activating group) is 2. The van der Waals surface area contributed by atoms with Crippen molar-refractivity contribution in [3.8, 4) is 0 Å². The van der Waals surface area contributed by atoms with E-state index in [2.05, 4.69) is 48.2 Å². The predicted molar refractivity (Wildman–Crippen MR) is 99.6 cm³/mol.